The van der Waals surface area contributed by atoms with Crippen LogP contribution in [0.2, 0.25) is 0 Å². The highest BCUT2D eigenvalue weighted by Crippen LogP contribution is 2.11. The van der Waals surface area contributed by atoms with Gasteiger partial charge < -0.3 is 15.2 Å². The molecule has 0 bridgehead atoms. The van der Waals surface area contributed by atoms with Crippen molar-refractivity contribution in [1.82, 2.24) is 10.3 Å². The summed E-state index contributed by atoms with van der Waals surface area (Å²) in [5.41, 5.74) is 0.800. The first-order valence-corrected chi connectivity index (χ1v) is 6.12. The highest BCUT2D eigenvalue weighted by atomic mass is 32.1. The van der Waals surface area contributed by atoms with Crippen LogP contribution in [0.1, 0.15) is 28.3 Å². The summed E-state index contributed by atoms with van der Waals surface area (Å²) in [5.74, 6) is -0.956. The van der Waals surface area contributed by atoms with E-state index in [2.05, 4.69) is 10.3 Å². The molecule has 2 N–H and O–H groups in total. The minimum absolute atomic E-state index is 0.156. The molecule has 0 spiro atoms. The Kier molecular flexibility index (Phi) is 3.87. The number of aromatic nitrogens is 1. The molecule has 0 unspecified atom stereocenters. The molecule has 5 nitrogen and oxygen atoms in total. The molecule has 1 saturated heterocycles. The van der Waals surface area contributed by atoms with E-state index in [9.17, 15) is 4.79 Å². The maximum atomic E-state index is 10.6. The van der Waals surface area contributed by atoms with Crippen LogP contribution in [0.4, 0.5) is 0 Å². The zero-order valence-corrected chi connectivity index (χ0v) is 9.63. The smallest absolute Gasteiger partial charge is 0.365 e. The van der Waals surface area contributed by atoms with Gasteiger partial charge in [0.1, 0.15) is 0 Å². The quantitative estimate of drug-likeness (QED) is 0.827. The van der Waals surface area contributed by atoms with Gasteiger partial charge in [0.2, 0.25) is 5.01 Å². The van der Waals surface area contributed by atoms with Crippen LogP contribution in [0, 0.1) is 0 Å². The van der Waals surface area contributed by atoms with Gasteiger partial charge in [-0.3, -0.25) is 0 Å². The Hall–Kier alpha value is -0.980. The second-order valence-electron chi connectivity index (χ2n) is 3.72. The zero-order chi connectivity index (χ0) is 11.4. The average molecular weight is 242 g/mol. The lowest BCUT2D eigenvalue weighted by Gasteiger charge is -2.22. The topological polar surface area (TPSA) is 71.5 Å². The van der Waals surface area contributed by atoms with Gasteiger partial charge in [-0.2, -0.15) is 0 Å². The van der Waals surface area contributed by atoms with E-state index >= 15 is 0 Å². The fraction of sp³-hybridized carbons (Fsp3) is 0.600. The van der Waals surface area contributed by atoms with Crippen LogP contribution < -0.4 is 5.32 Å². The number of rotatable bonds is 4. The summed E-state index contributed by atoms with van der Waals surface area (Å²) in [6.07, 6.45) is 2.02. The van der Waals surface area contributed by atoms with Crippen molar-refractivity contribution in [2.45, 2.75) is 25.4 Å². The minimum atomic E-state index is -0.956. The lowest BCUT2D eigenvalue weighted by molar-refractivity contribution is 0.0696. The fourth-order valence-corrected chi connectivity index (χ4v) is 2.29. The van der Waals surface area contributed by atoms with Crippen molar-refractivity contribution in [3.05, 3.63) is 16.1 Å². The lowest BCUT2D eigenvalue weighted by atomic mass is 10.1. The third kappa shape index (κ3) is 3.01. The Morgan fingerprint density at radius 3 is 3.00 bits per heavy atom. The molecule has 16 heavy (non-hydrogen) atoms. The van der Waals surface area contributed by atoms with E-state index in [4.69, 9.17) is 9.84 Å². The number of ether oxygens (including phenoxy) is 1. The summed E-state index contributed by atoms with van der Waals surface area (Å²) in [6, 6.07) is 0.462. The van der Waals surface area contributed by atoms with E-state index in [-0.39, 0.29) is 5.01 Å². The van der Waals surface area contributed by atoms with Crippen LogP contribution in [-0.4, -0.2) is 35.3 Å². The van der Waals surface area contributed by atoms with E-state index in [1.807, 2.05) is 0 Å². The van der Waals surface area contributed by atoms with Gasteiger partial charge in [-0.25, -0.2) is 9.78 Å². The molecule has 2 rings (SSSR count). The molecule has 0 amide bonds. The fourth-order valence-electron chi connectivity index (χ4n) is 1.64. The molecule has 1 fully saturated rings. The van der Waals surface area contributed by atoms with Crippen molar-refractivity contribution in [2.75, 3.05) is 13.2 Å². The van der Waals surface area contributed by atoms with Crippen LogP contribution in [0.3, 0.4) is 0 Å². The predicted octanol–water partition coefficient (Wildman–Crippen LogP) is 1.11. The molecular formula is C10H14N2O3S. The van der Waals surface area contributed by atoms with Crippen molar-refractivity contribution < 1.29 is 14.6 Å². The Labute approximate surface area is 97.5 Å². The molecule has 0 atom stereocenters. The monoisotopic (exact) mass is 242 g/mol. The first-order valence-electron chi connectivity index (χ1n) is 5.24. The van der Waals surface area contributed by atoms with Gasteiger partial charge in [0.05, 0.1) is 5.69 Å². The highest BCUT2D eigenvalue weighted by molar-refractivity contribution is 7.11. The van der Waals surface area contributed by atoms with Gasteiger partial charge in [-0.05, 0) is 12.8 Å². The number of carboxylic acids is 1. The molecule has 0 aliphatic carbocycles. The Morgan fingerprint density at radius 2 is 2.38 bits per heavy atom. The third-order valence-electron chi connectivity index (χ3n) is 2.53. The second kappa shape index (κ2) is 5.38. The average Bonchev–Trinajstić information content (AvgIpc) is 2.76. The van der Waals surface area contributed by atoms with Crippen molar-refractivity contribution in [3.8, 4) is 0 Å². The molecule has 0 radical (unpaired) electrons. The summed E-state index contributed by atoms with van der Waals surface area (Å²) in [4.78, 5) is 14.7. The number of carboxylic acid groups (broad SMARTS) is 1. The molecule has 1 aromatic heterocycles. The number of aromatic carboxylic acids is 1. The van der Waals surface area contributed by atoms with E-state index in [1.165, 1.54) is 11.3 Å². The van der Waals surface area contributed by atoms with Crippen molar-refractivity contribution in [3.63, 3.8) is 0 Å². The highest BCUT2D eigenvalue weighted by Gasteiger charge is 2.14. The molecule has 2 heterocycles. The summed E-state index contributed by atoms with van der Waals surface area (Å²) >= 11 is 1.17. The minimum Gasteiger partial charge on any atom is -0.476 e. The number of hydrogen-bond donors (Lipinski definition) is 2. The van der Waals surface area contributed by atoms with Gasteiger partial charge in [0.25, 0.3) is 0 Å². The molecule has 1 aromatic rings. The van der Waals surface area contributed by atoms with Gasteiger partial charge >= 0.3 is 5.97 Å². The lowest BCUT2D eigenvalue weighted by Crippen LogP contribution is -2.34. The SMILES string of the molecule is O=C(O)c1nc(CNC2CCOCC2)cs1. The van der Waals surface area contributed by atoms with E-state index in [0.29, 0.717) is 12.6 Å². The normalized spacial score (nSPS) is 17.5. The Morgan fingerprint density at radius 1 is 1.62 bits per heavy atom. The molecule has 88 valence electrons. The molecule has 6 heteroatoms. The molecule has 0 saturated carbocycles. The summed E-state index contributed by atoms with van der Waals surface area (Å²) in [7, 11) is 0. The largest absolute Gasteiger partial charge is 0.476 e. The van der Waals surface area contributed by atoms with Crippen LogP contribution in [-0.2, 0) is 11.3 Å². The molecule has 1 aliphatic rings. The summed E-state index contributed by atoms with van der Waals surface area (Å²) in [5, 5.41) is 14.0. The van der Waals surface area contributed by atoms with Gasteiger partial charge in [-0.1, -0.05) is 0 Å². The number of carbonyl (C=O) groups is 1. The van der Waals surface area contributed by atoms with Crippen molar-refractivity contribution in [2.24, 2.45) is 0 Å². The number of hydrogen-bond acceptors (Lipinski definition) is 5. The summed E-state index contributed by atoms with van der Waals surface area (Å²) < 4.78 is 5.26. The van der Waals surface area contributed by atoms with Crippen LogP contribution in [0.15, 0.2) is 5.38 Å². The maximum absolute atomic E-state index is 10.6. The van der Waals surface area contributed by atoms with Crippen LogP contribution in [0.5, 0.6) is 0 Å². The number of thiazole rings is 1. The van der Waals surface area contributed by atoms with Gasteiger partial charge in [0.15, 0.2) is 0 Å². The Balaban J connectivity index is 1.81. The maximum Gasteiger partial charge on any atom is 0.365 e. The standard InChI is InChI=1S/C10H14N2O3S/c13-10(14)9-12-8(6-16-9)5-11-7-1-3-15-4-2-7/h6-7,11H,1-5H2,(H,13,14). The molecular weight excluding hydrogens is 228 g/mol. The van der Waals surface area contributed by atoms with E-state index < -0.39 is 5.97 Å². The molecule has 0 aromatic carbocycles. The second-order valence-corrected chi connectivity index (χ2v) is 4.57. The van der Waals surface area contributed by atoms with Gasteiger partial charge in [-0.15, -0.1) is 11.3 Å². The molecule has 1 aliphatic heterocycles. The zero-order valence-electron chi connectivity index (χ0n) is 8.81. The first-order chi connectivity index (χ1) is 7.75. The predicted molar refractivity (Wildman–Crippen MR) is 59.8 cm³/mol. The number of nitrogens with zero attached hydrogens (tertiary/aromatic N) is 1. The number of nitrogens with one attached hydrogen (secondary N) is 1. The van der Waals surface area contributed by atoms with E-state index in [1.54, 1.807) is 5.38 Å². The van der Waals surface area contributed by atoms with E-state index in [0.717, 1.165) is 31.7 Å². The van der Waals surface area contributed by atoms with Crippen molar-refractivity contribution >= 4 is 17.3 Å². The summed E-state index contributed by atoms with van der Waals surface area (Å²) in [6.45, 7) is 2.23. The first kappa shape index (κ1) is 11.5. The third-order valence-corrected chi connectivity index (χ3v) is 3.41. The van der Waals surface area contributed by atoms with Crippen molar-refractivity contribution in [1.29, 1.82) is 0 Å². The van der Waals surface area contributed by atoms with Crippen LogP contribution >= 0.6 is 11.3 Å². The van der Waals surface area contributed by atoms with Crippen LogP contribution in [0.25, 0.3) is 0 Å². The Bertz CT molecular complexity index is 361. The van der Waals surface area contributed by atoms with Gasteiger partial charge in [0, 0.05) is 31.2 Å².